The van der Waals surface area contributed by atoms with E-state index in [9.17, 15) is 19.8 Å². The van der Waals surface area contributed by atoms with Crippen molar-refractivity contribution in [2.24, 2.45) is 17.8 Å². The van der Waals surface area contributed by atoms with Gasteiger partial charge in [0, 0.05) is 0 Å². The zero-order valence-corrected chi connectivity index (χ0v) is 12.0. The van der Waals surface area contributed by atoms with Gasteiger partial charge in [-0.15, -0.1) is 0 Å². The van der Waals surface area contributed by atoms with E-state index in [1.165, 1.54) is 0 Å². The highest BCUT2D eigenvalue weighted by atomic mass is 16.4. The van der Waals surface area contributed by atoms with Crippen molar-refractivity contribution in [1.82, 2.24) is 5.32 Å². The number of aliphatic carboxylic acids is 1. The Morgan fingerprint density at radius 1 is 1.15 bits per heavy atom. The standard InChI is InChI=1S/C15H25NO4/c1-2-9-7-10(11(8-9)15(19)20)14(18)16-12-5-3-4-6-13(12)17/h9-13,17H,2-8H2,1H3,(H,16,18)(H,19,20)/t9?,10?,11?,12-,13-/m1/s1. The smallest absolute Gasteiger partial charge is 0.307 e. The molecule has 0 heterocycles. The van der Waals surface area contributed by atoms with Gasteiger partial charge in [0.2, 0.25) is 5.91 Å². The highest BCUT2D eigenvalue weighted by Crippen LogP contribution is 2.38. The van der Waals surface area contributed by atoms with Gasteiger partial charge < -0.3 is 15.5 Å². The molecule has 0 aromatic heterocycles. The zero-order chi connectivity index (χ0) is 14.7. The van der Waals surface area contributed by atoms with Gasteiger partial charge in [-0.05, 0) is 31.6 Å². The molecule has 2 fully saturated rings. The number of carbonyl (C=O) groups excluding carboxylic acids is 1. The molecule has 0 saturated heterocycles. The fraction of sp³-hybridized carbons (Fsp3) is 0.867. The number of carboxylic acids is 1. The molecule has 5 atom stereocenters. The lowest BCUT2D eigenvalue weighted by Crippen LogP contribution is -2.48. The van der Waals surface area contributed by atoms with Crippen LogP contribution in [0.15, 0.2) is 0 Å². The van der Waals surface area contributed by atoms with Crippen molar-refractivity contribution >= 4 is 11.9 Å². The van der Waals surface area contributed by atoms with E-state index < -0.39 is 23.9 Å². The van der Waals surface area contributed by atoms with E-state index in [1.807, 2.05) is 6.92 Å². The van der Waals surface area contributed by atoms with E-state index in [4.69, 9.17) is 0 Å². The summed E-state index contributed by atoms with van der Waals surface area (Å²) in [4.78, 5) is 23.7. The first kappa shape index (κ1) is 15.3. The van der Waals surface area contributed by atoms with Gasteiger partial charge >= 0.3 is 5.97 Å². The SMILES string of the molecule is CCC1CC(C(=O)O)C(C(=O)N[C@@H]2CCCC[C@H]2O)C1. The second-order valence-electron chi connectivity index (χ2n) is 6.26. The van der Waals surface area contributed by atoms with E-state index in [2.05, 4.69) is 5.32 Å². The lowest BCUT2D eigenvalue weighted by molar-refractivity contribution is -0.146. The molecule has 5 heteroatoms. The summed E-state index contributed by atoms with van der Waals surface area (Å²) in [5, 5.41) is 22.1. The van der Waals surface area contributed by atoms with Gasteiger partial charge in [0.05, 0.1) is 24.0 Å². The topological polar surface area (TPSA) is 86.6 Å². The molecule has 3 unspecified atom stereocenters. The molecule has 114 valence electrons. The van der Waals surface area contributed by atoms with E-state index in [-0.39, 0.29) is 11.9 Å². The van der Waals surface area contributed by atoms with E-state index >= 15 is 0 Å². The number of aliphatic hydroxyl groups excluding tert-OH is 1. The molecule has 2 rings (SSSR count). The molecule has 2 saturated carbocycles. The van der Waals surface area contributed by atoms with Gasteiger partial charge in [-0.25, -0.2) is 0 Å². The quantitative estimate of drug-likeness (QED) is 0.730. The van der Waals surface area contributed by atoms with E-state index in [0.717, 1.165) is 32.1 Å². The van der Waals surface area contributed by atoms with Gasteiger partial charge in [-0.1, -0.05) is 26.2 Å². The lowest BCUT2D eigenvalue weighted by Gasteiger charge is -2.29. The maximum atomic E-state index is 12.3. The predicted octanol–water partition coefficient (Wildman–Crippen LogP) is 1.54. The van der Waals surface area contributed by atoms with E-state index in [0.29, 0.717) is 18.8 Å². The third kappa shape index (κ3) is 3.32. The molecule has 0 aliphatic heterocycles. The molecule has 2 aliphatic carbocycles. The van der Waals surface area contributed by atoms with Crippen molar-refractivity contribution in [2.45, 2.75) is 64.0 Å². The summed E-state index contributed by atoms with van der Waals surface area (Å²) >= 11 is 0. The van der Waals surface area contributed by atoms with Crippen LogP contribution < -0.4 is 5.32 Å². The molecule has 1 amide bonds. The second kappa shape index (κ2) is 6.57. The molecule has 5 nitrogen and oxygen atoms in total. The molecule has 20 heavy (non-hydrogen) atoms. The van der Waals surface area contributed by atoms with Crippen molar-refractivity contribution in [3.8, 4) is 0 Å². The van der Waals surface area contributed by atoms with Crippen molar-refractivity contribution in [3.05, 3.63) is 0 Å². The van der Waals surface area contributed by atoms with Crippen LogP contribution in [0.5, 0.6) is 0 Å². The molecule has 2 aliphatic rings. The third-order valence-electron chi connectivity index (χ3n) is 4.95. The maximum absolute atomic E-state index is 12.3. The predicted molar refractivity (Wildman–Crippen MR) is 74.0 cm³/mol. The highest BCUT2D eigenvalue weighted by molar-refractivity contribution is 5.85. The van der Waals surface area contributed by atoms with Crippen LogP contribution >= 0.6 is 0 Å². The van der Waals surface area contributed by atoms with Gasteiger partial charge in [-0.3, -0.25) is 9.59 Å². The van der Waals surface area contributed by atoms with Gasteiger partial charge in [-0.2, -0.15) is 0 Å². The molecular weight excluding hydrogens is 258 g/mol. The van der Waals surface area contributed by atoms with Crippen LogP contribution in [0.4, 0.5) is 0 Å². The third-order valence-corrected chi connectivity index (χ3v) is 4.95. The fourth-order valence-electron chi connectivity index (χ4n) is 3.61. The summed E-state index contributed by atoms with van der Waals surface area (Å²) in [5.74, 6) is -1.74. The zero-order valence-electron chi connectivity index (χ0n) is 12.0. The first-order chi connectivity index (χ1) is 9.52. The average molecular weight is 283 g/mol. The van der Waals surface area contributed by atoms with Gasteiger partial charge in [0.15, 0.2) is 0 Å². The Hall–Kier alpha value is -1.10. The Morgan fingerprint density at radius 2 is 1.80 bits per heavy atom. The summed E-state index contributed by atoms with van der Waals surface area (Å²) in [6, 6.07) is -0.202. The molecule has 3 N–H and O–H groups in total. The maximum Gasteiger partial charge on any atom is 0.307 e. The van der Waals surface area contributed by atoms with Crippen molar-refractivity contribution in [1.29, 1.82) is 0 Å². The van der Waals surface area contributed by atoms with Crippen LogP contribution in [-0.4, -0.2) is 34.2 Å². The Kier molecular flexibility index (Phi) is 5.02. The highest BCUT2D eigenvalue weighted by Gasteiger charge is 2.42. The second-order valence-corrected chi connectivity index (χ2v) is 6.26. The number of hydrogen-bond acceptors (Lipinski definition) is 3. The Bertz CT molecular complexity index is 371. The number of carbonyl (C=O) groups is 2. The van der Waals surface area contributed by atoms with Crippen molar-refractivity contribution in [3.63, 3.8) is 0 Å². The van der Waals surface area contributed by atoms with Crippen LogP contribution in [0.1, 0.15) is 51.9 Å². The van der Waals surface area contributed by atoms with Crippen LogP contribution in [0.25, 0.3) is 0 Å². The number of aliphatic hydroxyl groups is 1. The molecule has 0 aromatic carbocycles. The summed E-state index contributed by atoms with van der Waals surface area (Å²) in [7, 11) is 0. The summed E-state index contributed by atoms with van der Waals surface area (Å²) in [6.45, 7) is 2.04. The minimum absolute atomic E-state index is 0.181. The number of carboxylic acid groups (broad SMARTS) is 1. The van der Waals surface area contributed by atoms with Crippen LogP contribution in [0.3, 0.4) is 0 Å². The van der Waals surface area contributed by atoms with Gasteiger partial charge in [0.1, 0.15) is 0 Å². The summed E-state index contributed by atoms with van der Waals surface area (Å²) in [6.07, 6.45) is 5.18. The van der Waals surface area contributed by atoms with Gasteiger partial charge in [0.25, 0.3) is 0 Å². The normalized spacial score (nSPS) is 37.6. The van der Waals surface area contributed by atoms with Crippen molar-refractivity contribution < 1.29 is 19.8 Å². The van der Waals surface area contributed by atoms with Crippen LogP contribution in [-0.2, 0) is 9.59 Å². The summed E-state index contributed by atoms with van der Waals surface area (Å²) < 4.78 is 0. The minimum Gasteiger partial charge on any atom is -0.481 e. The fourth-order valence-corrected chi connectivity index (χ4v) is 3.61. The lowest BCUT2D eigenvalue weighted by atomic mass is 9.90. The number of hydrogen-bond donors (Lipinski definition) is 3. The molecule has 0 spiro atoms. The number of nitrogens with one attached hydrogen (secondary N) is 1. The summed E-state index contributed by atoms with van der Waals surface area (Å²) in [5.41, 5.74) is 0. The minimum atomic E-state index is -0.870. The Labute approximate surface area is 119 Å². The molecule has 0 bridgehead atoms. The monoisotopic (exact) mass is 283 g/mol. The molecule has 0 aromatic rings. The van der Waals surface area contributed by atoms with E-state index in [1.54, 1.807) is 0 Å². The number of rotatable bonds is 4. The van der Waals surface area contributed by atoms with Crippen LogP contribution in [0, 0.1) is 17.8 Å². The molecular formula is C15H25NO4. The average Bonchev–Trinajstić information content (AvgIpc) is 2.86. The first-order valence-electron chi connectivity index (χ1n) is 7.74. The number of amides is 1. The Balaban J connectivity index is 1.98. The Morgan fingerprint density at radius 3 is 2.40 bits per heavy atom. The van der Waals surface area contributed by atoms with Crippen LogP contribution in [0.2, 0.25) is 0 Å². The molecule has 0 radical (unpaired) electrons. The largest absolute Gasteiger partial charge is 0.481 e. The first-order valence-corrected chi connectivity index (χ1v) is 7.74. The van der Waals surface area contributed by atoms with Crippen molar-refractivity contribution in [2.75, 3.05) is 0 Å².